The van der Waals surface area contributed by atoms with E-state index in [1.807, 2.05) is 6.07 Å². The molecule has 1 aliphatic rings. The van der Waals surface area contributed by atoms with Crippen molar-refractivity contribution in [2.24, 2.45) is 11.8 Å². The van der Waals surface area contributed by atoms with Crippen molar-refractivity contribution < 1.29 is 4.74 Å². The minimum atomic E-state index is 0.227. The minimum Gasteiger partial charge on any atom is -0.496 e. The number of nitrogens with one attached hydrogen (secondary N) is 1. The highest BCUT2D eigenvalue weighted by atomic mass is 79.9. The third-order valence-electron chi connectivity index (χ3n) is 4.07. The van der Waals surface area contributed by atoms with Crippen LogP contribution >= 0.6 is 15.9 Å². The molecular weight excluding hydrogens is 304 g/mol. The van der Waals surface area contributed by atoms with Gasteiger partial charge < -0.3 is 4.74 Å². The molecule has 0 radical (unpaired) electrons. The Labute approximate surface area is 124 Å². The SMILES string of the molecule is COc1ccc(C(CC2CCCCC2)NN)cc1Br. The van der Waals surface area contributed by atoms with Crippen molar-refractivity contribution in [3.8, 4) is 5.75 Å². The van der Waals surface area contributed by atoms with E-state index in [-0.39, 0.29) is 6.04 Å². The molecule has 0 spiro atoms. The lowest BCUT2D eigenvalue weighted by Gasteiger charge is -2.26. The van der Waals surface area contributed by atoms with Crippen LogP contribution in [-0.4, -0.2) is 7.11 Å². The quantitative estimate of drug-likeness (QED) is 0.636. The Morgan fingerprint density at radius 3 is 2.68 bits per heavy atom. The van der Waals surface area contributed by atoms with Crippen molar-refractivity contribution >= 4 is 15.9 Å². The minimum absolute atomic E-state index is 0.227. The standard InChI is InChI=1S/C15H23BrN2O/c1-19-15-8-7-12(10-13(15)16)14(18-17)9-11-5-3-2-4-6-11/h7-8,10-11,14,18H,2-6,9,17H2,1H3. The second kappa shape index (κ2) is 7.27. The highest BCUT2D eigenvalue weighted by Gasteiger charge is 2.20. The van der Waals surface area contributed by atoms with Crippen molar-refractivity contribution in [3.63, 3.8) is 0 Å². The number of hydrogen-bond donors (Lipinski definition) is 2. The Balaban J connectivity index is 2.05. The Bertz CT molecular complexity index is 405. The zero-order chi connectivity index (χ0) is 13.7. The van der Waals surface area contributed by atoms with Gasteiger partial charge in [0.1, 0.15) is 5.75 Å². The smallest absolute Gasteiger partial charge is 0.133 e. The third kappa shape index (κ3) is 3.94. The lowest BCUT2D eigenvalue weighted by atomic mass is 9.83. The van der Waals surface area contributed by atoms with Gasteiger partial charge in [0.15, 0.2) is 0 Å². The maximum atomic E-state index is 5.75. The highest BCUT2D eigenvalue weighted by Crippen LogP contribution is 2.34. The molecule has 1 fully saturated rings. The van der Waals surface area contributed by atoms with E-state index in [4.69, 9.17) is 10.6 Å². The Hall–Kier alpha value is -0.580. The lowest BCUT2D eigenvalue weighted by Crippen LogP contribution is -2.30. The van der Waals surface area contributed by atoms with E-state index >= 15 is 0 Å². The molecule has 3 nitrogen and oxygen atoms in total. The van der Waals surface area contributed by atoms with Gasteiger partial charge in [0.05, 0.1) is 11.6 Å². The fourth-order valence-electron chi connectivity index (χ4n) is 2.96. The van der Waals surface area contributed by atoms with Crippen molar-refractivity contribution in [2.45, 2.75) is 44.6 Å². The Kier molecular flexibility index (Phi) is 5.67. The molecular formula is C15H23BrN2O. The zero-order valence-corrected chi connectivity index (χ0v) is 13.1. The molecule has 1 unspecified atom stereocenters. The largest absolute Gasteiger partial charge is 0.496 e. The predicted octanol–water partition coefficient (Wildman–Crippen LogP) is 3.93. The van der Waals surface area contributed by atoms with Gasteiger partial charge >= 0.3 is 0 Å². The topological polar surface area (TPSA) is 47.3 Å². The summed E-state index contributed by atoms with van der Waals surface area (Å²) in [5, 5.41) is 0. The first-order valence-corrected chi connectivity index (χ1v) is 7.83. The van der Waals surface area contributed by atoms with Gasteiger partial charge in [-0.3, -0.25) is 11.3 Å². The summed E-state index contributed by atoms with van der Waals surface area (Å²) in [5.74, 6) is 7.41. The average molecular weight is 327 g/mol. The van der Waals surface area contributed by atoms with E-state index in [0.717, 1.165) is 22.6 Å². The molecule has 0 aliphatic heterocycles. The normalized spacial score (nSPS) is 18.3. The monoisotopic (exact) mass is 326 g/mol. The van der Waals surface area contributed by atoms with Gasteiger partial charge in [-0.25, -0.2) is 0 Å². The van der Waals surface area contributed by atoms with Gasteiger partial charge in [0.25, 0.3) is 0 Å². The molecule has 0 amide bonds. The first-order chi connectivity index (χ1) is 9.24. The van der Waals surface area contributed by atoms with Gasteiger partial charge in [-0.05, 0) is 46.0 Å². The maximum Gasteiger partial charge on any atom is 0.133 e. The van der Waals surface area contributed by atoms with Gasteiger partial charge in [-0.1, -0.05) is 38.2 Å². The van der Waals surface area contributed by atoms with Crippen LogP contribution in [0.3, 0.4) is 0 Å². The van der Waals surface area contributed by atoms with E-state index in [2.05, 4.69) is 33.5 Å². The highest BCUT2D eigenvalue weighted by molar-refractivity contribution is 9.10. The second-order valence-electron chi connectivity index (χ2n) is 5.35. The van der Waals surface area contributed by atoms with Crippen LogP contribution in [0.4, 0.5) is 0 Å². The molecule has 19 heavy (non-hydrogen) atoms. The van der Waals surface area contributed by atoms with Crippen LogP contribution in [-0.2, 0) is 0 Å². The number of nitrogens with two attached hydrogens (primary N) is 1. The summed E-state index contributed by atoms with van der Waals surface area (Å²) in [7, 11) is 1.68. The van der Waals surface area contributed by atoms with E-state index in [1.54, 1.807) is 7.11 Å². The van der Waals surface area contributed by atoms with Crippen LogP contribution in [0.5, 0.6) is 5.75 Å². The van der Waals surface area contributed by atoms with Crippen LogP contribution in [0.25, 0.3) is 0 Å². The molecule has 0 saturated heterocycles. The van der Waals surface area contributed by atoms with Crippen LogP contribution < -0.4 is 16.0 Å². The summed E-state index contributed by atoms with van der Waals surface area (Å²) in [4.78, 5) is 0. The predicted molar refractivity (Wildman–Crippen MR) is 82.0 cm³/mol. The van der Waals surface area contributed by atoms with Gasteiger partial charge in [0, 0.05) is 6.04 Å². The van der Waals surface area contributed by atoms with Crippen LogP contribution in [0.2, 0.25) is 0 Å². The van der Waals surface area contributed by atoms with Gasteiger partial charge in [-0.15, -0.1) is 0 Å². The molecule has 1 atom stereocenters. The number of hydrazine groups is 1. The molecule has 0 heterocycles. The molecule has 106 valence electrons. The summed E-state index contributed by atoms with van der Waals surface area (Å²) in [6.45, 7) is 0. The molecule has 0 aromatic heterocycles. The first kappa shape index (κ1) is 14.8. The molecule has 1 aliphatic carbocycles. The molecule has 1 saturated carbocycles. The summed E-state index contributed by atoms with van der Waals surface area (Å²) in [6, 6.07) is 6.42. The summed E-state index contributed by atoms with van der Waals surface area (Å²) in [6.07, 6.45) is 7.94. The molecule has 0 bridgehead atoms. The third-order valence-corrected chi connectivity index (χ3v) is 4.69. The van der Waals surface area contributed by atoms with E-state index in [9.17, 15) is 0 Å². The number of methoxy groups -OCH3 is 1. The Morgan fingerprint density at radius 1 is 1.37 bits per heavy atom. The van der Waals surface area contributed by atoms with Crippen molar-refractivity contribution in [1.29, 1.82) is 0 Å². The van der Waals surface area contributed by atoms with E-state index in [1.165, 1.54) is 37.7 Å². The molecule has 1 aromatic rings. The van der Waals surface area contributed by atoms with Crippen molar-refractivity contribution in [3.05, 3.63) is 28.2 Å². The van der Waals surface area contributed by atoms with Gasteiger partial charge in [-0.2, -0.15) is 0 Å². The number of ether oxygens (including phenoxy) is 1. The van der Waals surface area contributed by atoms with E-state index in [0.29, 0.717) is 0 Å². The van der Waals surface area contributed by atoms with Crippen LogP contribution in [0.1, 0.15) is 50.1 Å². The van der Waals surface area contributed by atoms with Crippen molar-refractivity contribution in [2.75, 3.05) is 7.11 Å². The second-order valence-corrected chi connectivity index (χ2v) is 6.21. The average Bonchev–Trinajstić information content (AvgIpc) is 2.46. The van der Waals surface area contributed by atoms with E-state index < -0.39 is 0 Å². The molecule has 1 aromatic carbocycles. The fourth-order valence-corrected chi connectivity index (χ4v) is 3.51. The lowest BCUT2D eigenvalue weighted by molar-refractivity contribution is 0.301. The summed E-state index contributed by atoms with van der Waals surface area (Å²) >= 11 is 3.54. The number of benzene rings is 1. The van der Waals surface area contributed by atoms with Crippen LogP contribution in [0.15, 0.2) is 22.7 Å². The zero-order valence-electron chi connectivity index (χ0n) is 11.5. The first-order valence-electron chi connectivity index (χ1n) is 7.04. The Morgan fingerprint density at radius 2 is 2.11 bits per heavy atom. The summed E-state index contributed by atoms with van der Waals surface area (Å²) < 4.78 is 6.25. The molecule has 2 rings (SSSR count). The van der Waals surface area contributed by atoms with Crippen molar-refractivity contribution in [1.82, 2.24) is 5.43 Å². The fraction of sp³-hybridized carbons (Fsp3) is 0.600. The maximum absolute atomic E-state index is 5.75. The number of halogens is 1. The number of hydrogen-bond acceptors (Lipinski definition) is 3. The molecule has 4 heteroatoms. The van der Waals surface area contributed by atoms with Crippen LogP contribution in [0, 0.1) is 5.92 Å². The van der Waals surface area contributed by atoms with Gasteiger partial charge in [0.2, 0.25) is 0 Å². The summed E-state index contributed by atoms with van der Waals surface area (Å²) in [5.41, 5.74) is 4.19. The number of rotatable bonds is 5. The molecule has 3 N–H and O–H groups in total.